The number of rotatable bonds is 9. The highest BCUT2D eigenvalue weighted by Gasteiger charge is 2.30. The standard InChI is InChI=1S/C28H26F3N3O3/c1-27(2,26(35)36)37-23-17-11-19(12-18-23)7-6-10-24-32-25(33-34(24)22-8-4-3-5-9-22)20-13-15-21(16-14-20)28(29,30)31/h3-5,8-9,11-18H,6-7,10H2,1-2H3,(H,35,36). The van der Waals surface area contributed by atoms with E-state index in [2.05, 4.69) is 10.1 Å². The van der Waals surface area contributed by atoms with Gasteiger partial charge >= 0.3 is 12.1 Å². The number of hydrogen-bond donors (Lipinski definition) is 1. The van der Waals surface area contributed by atoms with Gasteiger partial charge in [0.05, 0.1) is 11.3 Å². The van der Waals surface area contributed by atoms with Crippen molar-refractivity contribution in [2.24, 2.45) is 0 Å². The van der Waals surface area contributed by atoms with E-state index < -0.39 is 23.3 Å². The Labute approximate surface area is 212 Å². The Morgan fingerprint density at radius 3 is 2.16 bits per heavy atom. The highest BCUT2D eigenvalue weighted by Crippen LogP contribution is 2.30. The van der Waals surface area contributed by atoms with Crippen LogP contribution in [0.15, 0.2) is 78.9 Å². The fraction of sp³-hybridized carbons (Fsp3) is 0.250. The topological polar surface area (TPSA) is 77.2 Å². The SMILES string of the molecule is CC(C)(Oc1ccc(CCCc2nc(-c3ccc(C(F)(F)F)cc3)nn2-c2ccccc2)cc1)C(=O)O. The minimum atomic E-state index is -4.41. The van der Waals surface area contributed by atoms with Crippen molar-refractivity contribution in [3.05, 3.63) is 95.8 Å². The Morgan fingerprint density at radius 1 is 0.919 bits per heavy atom. The molecule has 0 atom stereocenters. The molecular formula is C28H26F3N3O3. The van der Waals surface area contributed by atoms with E-state index in [1.165, 1.54) is 26.0 Å². The summed E-state index contributed by atoms with van der Waals surface area (Å²) >= 11 is 0. The van der Waals surface area contributed by atoms with Gasteiger partial charge in [-0.25, -0.2) is 14.5 Å². The van der Waals surface area contributed by atoms with Crippen molar-refractivity contribution < 1.29 is 27.8 Å². The molecule has 9 heteroatoms. The van der Waals surface area contributed by atoms with E-state index in [9.17, 15) is 23.1 Å². The molecule has 0 aliphatic heterocycles. The quantitative estimate of drug-likeness (QED) is 0.284. The van der Waals surface area contributed by atoms with Crippen LogP contribution >= 0.6 is 0 Å². The molecule has 0 fully saturated rings. The van der Waals surface area contributed by atoms with Crippen molar-refractivity contribution >= 4 is 5.97 Å². The summed E-state index contributed by atoms with van der Waals surface area (Å²) in [6.07, 6.45) is -2.33. The molecule has 4 aromatic rings. The largest absolute Gasteiger partial charge is 0.478 e. The average molecular weight is 510 g/mol. The zero-order valence-corrected chi connectivity index (χ0v) is 20.4. The third-order valence-corrected chi connectivity index (χ3v) is 5.82. The van der Waals surface area contributed by atoms with Gasteiger partial charge in [-0.3, -0.25) is 0 Å². The third-order valence-electron chi connectivity index (χ3n) is 5.82. The molecule has 0 radical (unpaired) electrons. The highest BCUT2D eigenvalue weighted by molar-refractivity contribution is 5.76. The summed E-state index contributed by atoms with van der Waals surface area (Å²) < 4.78 is 46.1. The minimum Gasteiger partial charge on any atom is -0.478 e. The number of carboxylic acid groups (broad SMARTS) is 1. The summed E-state index contributed by atoms with van der Waals surface area (Å²) in [5, 5.41) is 13.8. The number of aromatic nitrogens is 3. The second-order valence-electron chi connectivity index (χ2n) is 9.09. The lowest BCUT2D eigenvalue weighted by Gasteiger charge is -2.21. The molecule has 1 aromatic heterocycles. The van der Waals surface area contributed by atoms with Crippen molar-refractivity contribution in [1.29, 1.82) is 0 Å². The average Bonchev–Trinajstić information content (AvgIpc) is 3.29. The van der Waals surface area contributed by atoms with Crippen LogP contribution in [0.3, 0.4) is 0 Å². The summed E-state index contributed by atoms with van der Waals surface area (Å²) in [4.78, 5) is 15.9. The second kappa shape index (κ2) is 10.5. The molecule has 0 unspecified atom stereocenters. The first-order valence-electron chi connectivity index (χ1n) is 11.7. The van der Waals surface area contributed by atoms with E-state index in [0.29, 0.717) is 29.4 Å². The van der Waals surface area contributed by atoms with Gasteiger partial charge in [-0.1, -0.05) is 42.5 Å². The van der Waals surface area contributed by atoms with E-state index in [1.807, 2.05) is 42.5 Å². The first kappa shape index (κ1) is 25.9. The van der Waals surface area contributed by atoms with Gasteiger partial charge in [-0.2, -0.15) is 13.2 Å². The van der Waals surface area contributed by atoms with Crippen molar-refractivity contribution in [2.45, 2.75) is 44.9 Å². The Morgan fingerprint density at radius 2 is 1.57 bits per heavy atom. The number of carboxylic acids is 1. The Balaban J connectivity index is 1.49. The zero-order chi connectivity index (χ0) is 26.6. The fourth-order valence-electron chi connectivity index (χ4n) is 3.73. The van der Waals surface area contributed by atoms with Crippen LogP contribution < -0.4 is 4.74 Å². The highest BCUT2D eigenvalue weighted by atomic mass is 19.4. The number of hydrogen-bond acceptors (Lipinski definition) is 4. The lowest BCUT2D eigenvalue weighted by atomic mass is 10.1. The normalized spacial score (nSPS) is 11.9. The smallest absolute Gasteiger partial charge is 0.416 e. The van der Waals surface area contributed by atoms with E-state index in [0.717, 1.165) is 36.2 Å². The number of halogens is 3. The van der Waals surface area contributed by atoms with Crippen LogP contribution in [0.2, 0.25) is 0 Å². The van der Waals surface area contributed by atoms with Gasteiger partial charge < -0.3 is 9.84 Å². The molecule has 0 aliphatic carbocycles. The predicted molar refractivity (Wildman–Crippen MR) is 133 cm³/mol. The van der Waals surface area contributed by atoms with E-state index in [4.69, 9.17) is 4.74 Å². The zero-order valence-electron chi connectivity index (χ0n) is 20.4. The molecule has 1 heterocycles. The van der Waals surface area contributed by atoms with Crippen molar-refractivity contribution in [2.75, 3.05) is 0 Å². The number of alkyl halides is 3. The van der Waals surface area contributed by atoms with Crippen LogP contribution in [0.25, 0.3) is 17.1 Å². The molecule has 6 nitrogen and oxygen atoms in total. The number of benzene rings is 3. The summed E-state index contributed by atoms with van der Waals surface area (Å²) in [7, 11) is 0. The van der Waals surface area contributed by atoms with Gasteiger partial charge in [-0.15, -0.1) is 5.10 Å². The Kier molecular flexibility index (Phi) is 7.33. The Bertz CT molecular complexity index is 1350. The first-order chi connectivity index (χ1) is 17.5. The Hall–Kier alpha value is -4.14. The lowest BCUT2D eigenvalue weighted by Crippen LogP contribution is -2.37. The monoisotopic (exact) mass is 509 g/mol. The number of aryl methyl sites for hydroxylation is 2. The van der Waals surface area contributed by atoms with E-state index in [1.54, 1.807) is 16.8 Å². The molecule has 0 aliphatic rings. The molecule has 0 amide bonds. The first-order valence-corrected chi connectivity index (χ1v) is 11.7. The summed E-state index contributed by atoms with van der Waals surface area (Å²) in [6, 6.07) is 21.5. The maximum absolute atomic E-state index is 13.0. The molecule has 0 saturated heterocycles. The van der Waals surface area contributed by atoms with Crippen LogP contribution in [0.5, 0.6) is 5.75 Å². The minimum absolute atomic E-state index is 0.357. The van der Waals surface area contributed by atoms with Crippen molar-refractivity contribution in [3.8, 4) is 22.8 Å². The number of aliphatic carboxylic acids is 1. The summed E-state index contributed by atoms with van der Waals surface area (Å²) in [5.41, 5.74) is 0.319. The van der Waals surface area contributed by atoms with E-state index >= 15 is 0 Å². The molecule has 1 N–H and O–H groups in total. The fourth-order valence-corrected chi connectivity index (χ4v) is 3.73. The lowest BCUT2D eigenvalue weighted by molar-refractivity contribution is -0.152. The second-order valence-corrected chi connectivity index (χ2v) is 9.09. The maximum Gasteiger partial charge on any atom is 0.416 e. The van der Waals surface area contributed by atoms with Crippen LogP contribution in [0.1, 0.15) is 37.2 Å². The summed E-state index contributed by atoms with van der Waals surface area (Å²) in [5.74, 6) is 0.482. The maximum atomic E-state index is 13.0. The van der Waals surface area contributed by atoms with Crippen LogP contribution in [0.4, 0.5) is 13.2 Å². The van der Waals surface area contributed by atoms with Gasteiger partial charge in [0.2, 0.25) is 0 Å². The van der Waals surface area contributed by atoms with Crippen LogP contribution in [0, 0.1) is 0 Å². The van der Waals surface area contributed by atoms with Crippen molar-refractivity contribution in [3.63, 3.8) is 0 Å². The van der Waals surface area contributed by atoms with Crippen LogP contribution in [-0.4, -0.2) is 31.4 Å². The molecular weight excluding hydrogens is 483 g/mol. The van der Waals surface area contributed by atoms with Crippen LogP contribution in [-0.2, 0) is 23.8 Å². The molecule has 0 bridgehead atoms. The molecule has 37 heavy (non-hydrogen) atoms. The predicted octanol–water partition coefficient (Wildman–Crippen LogP) is 6.37. The molecule has 0 saturated carbocycles. The van der Waals surface area contributed by atoms with Gasteiger partial charge in [0.15, 0.2) is 11.4 Å². The number of carbonyl (C=O) groups is 1. The van der Waals surface area contributed by atoms with Gasteiger partial charge in [-0.05, 0) is 68.7 Å². The number of ether oxygens (including phenoxy) is 1. The van der Waals surface area contributed by atoms with Gasteiger partial charge in [0.1, 0.15) is 11.6 Å². The van der Waals surface area contributed by atoms with Crippen molar-refractivity contribution in [1.82, 2.24) is 14.8 Å². The third kappa shape index (κ3) is 6.35. The summed E-state index contributed by atoms with van der Waals surface area (Å²) in [6.45, 7) is 2.98. The number of para-hydroxylation sites is 1. The molecule has 0 spiro atoms. The van der Waals surface area contributed by atoms with E-state index in [-0.39, 0.29) is 0 Å². The molecule has 4 rings (SSSR count). The molecule has 3 aromatic carbocycles. The molecule has 192 valence electrons. The van der Waals surface area contributed by atoms with Gasteiger partial charge in [0, 0.05) is 12.0 Å². The van der Waals surface area contributed by atoms with Gasteiger partial charge in [0.25, 0.3) is 0 Å². The number of nitrogens with zero attached hydrogens (tertiary/aromatic N) is 3.